The van der Waals surface area contributed by atoms with Gasteiger partial charge in [-0.05, 0) is 32.0 Å². The second kappa shape index (κ2) is 9.70. The highest BCUT2D eigenvalue weighted by molar-refractivity contribution is 7.99. The smallest absolute Gasteiger partial charge is 0.0477 e. The molecule has 0 aliphatic rings. The standard InChI is InChI=1S/C13H21NOS/c1-2-15-11-6-9-14-10-12-16-13-7-4-3-5-8-13/h3-5,7-8,14H,2,6,9-12H2,1H3. The molecule has 1 N–H and O–H groups in total. The second-order valence-corrected chi connectivity index (χ2v) is 4.63. The maximum absolute atomic E-state index is 5.26. The third-order valence-electron chi connectivity index (χ3n) is 2.14. The summed E-state index contributed by atoms with van der Waals surface area (Å²) in [4.78, 5) is 1.35. The lowest BCUT2D eigenvalue weighted by Crippen LogP contribution is -2.19. The minimum atomic E-state index is 0.823. The molecule has 0 fully saturated rings. The molecule has 1 rings (SSSR count). The highest BCUT2D eigenvalue weighted by Gasteiger charge is 1.92. The SMILES string of the molecule is CCOCCCNCCSc1ccccc1. The molecule has 0 aliphatic carbocycles. The zero-order chi connectivity index (χ0) is 11.5. The lowest BCUT2D eigenvalue weighted by atomic mass is 10.4. The van der Waals surface area contributed by atoms with Crippen molar-refractivity contribution < 1.29 is 4.74 Å². The number of rotatable bonds is 9. The first kappa shape index (κ1) is 13.6. The van der Waals surface area contributed by atoms with Crippen LogP contribution in [-0.2, 0) is 4.74 Å². The van der Waals surface area contributed by atoms with Gasteiger partial charge in [0, 0.05) is 30.4 Å². The van der Waals surface area contributed by atoms with Gasteiger partial charge in [0.15, 0.2) is 0 Å². The van der Waals surface area contributed by atoms with Gasteiger partial charge < -0.3 is 10.1 Å². The molecule has 0 radical (unpaired) electrons. The summed E-state index contributed by atoms with van der Waals surface area (Å²) in [6, 6.07) is 10.5. The van der Waals surface area contributed by atoms with Crippen molar-refractivity contribution in [3.05, 3.63) is 30.3 Å². The third kappa shape index (κ3) is 6.88. The number of benzene rings is 1. The summed E-state index contributed by atoms with van der Waals surface area (Å²) in [5.41, 5.74) is 0. The molecule has 0 saturated heterocycles. The lowest BCUT2D eigenvalue weighted by molar-refractivity contribution is 0.145. The summed E-state index contributed by atoms with van der Waals surface area (Å²) >= 11 is 1.89. The van der Waals surface area contributed by atoms with E-state index in [4.69, 9.17) is 4.74 Å². The van der Waals surface area contributed by atoms with E-state index in [0.717, 1.165) is 38.5 Å². The van der Waals surface area contributed by atoms with E-state index in [1.165, 1.54) is 4.90 Å². The monoisotopic (exact) mass is 239 g/mol. The van der Waals surface area contributed by atoms with Gasteiger partial charge in [0.2, 0.25) is 0 Å². The number of thioether (sulfide) groups is 1. The molecule has 0 heterocycles. The van der Waals surface area contributed by atoms with Crippen LogP contribution in [0, 0.1) is 0 Å². The Hall–Kier alpha value is -0.510. The van der Waals surface area contributed by atoms with Gasteiger partial charge in [0.05, 0.1) is 0 Å². The van der Waals surface area contributed by atoms with E-state index in [1.807, 2.05) is 18.7 Å². The summed E-state index contributed by atoms with van der Waals surface area (Å²) in [6.45, 7) is 5.84. The molecule has 0 saturated carbocycles. The van der Waals surface area contributed by atoms with Crippen LogP contribution < -0.4 is 5.32 Å². The summed E-state index contributed by atoms with van der Waals surface area (Å²) in [5.74, 6) is 1.12. The zero-order valence-corrected chi connectivity index (χ0v) is 10.8. The van der Waals surface area contributed by atoms with Crippen LogP contribution in [0.1, 0.15) is 13.3 Å². The van der Waals surface area contributed by atoms with Gasteiger partial charge in [-0.2, -0.15) is 0 Å². The van der Waals surface area contributed by atoms with Gasteiger partial charge >= 0.3 is 0 Å². The van der Waals surface area contributed by atoms with Gasteiger partial charge in [0.25, 0.3) is 0 Å². The Balaban J connectivity index is 1.89. The minimum Gasteiger partial charge on any atom is -0.382 e. The van der Waals surface area contributed by atoms with E-state index in [1.54, 1.807) is 0 Å². The van der Waals surface area contributed by atoms with Gasteiger partial charge in [0.1, 0.15) is 0 Å². The molecule has 90 valence electrons. The predicted molar refractivity (Wildman–Crippen MR) is 71.1 cm³/mol. The quantitative estimate of drug-likeness (QED) is 0.529. The van der Waals surface area contributed by atoms with Crippen molar-refractivity contribution in [2.75, 3.05) is 32.1 Å². The molecule has 0 atom stereocenters. The number of hydrogen-bond acceptors (Lipinski definition) is 3. The first-order valence-corrected chi connectivity index (χ1v) is 6.88. The van der Waals surface area contributed by atoms with E-state index < -0.39 is 0 Å². The van der Waals surface area contributed by atoms with Crippen LogP contribution in [0.15, 0.2) is 35.2 Å². The Labute approximate surface area is 103 Å². The van der Waals surface area contributed by atoms with E-state index in [0.29, 0.717) is 0 Å². The normalized spacial score (nSPS) is 10.6. The third-order valence-corrected chi connectivity index (χ3v) is 3.15. The average molecular weight is 239 g/mol. The van der Waals surface area contributed by atoms with Crippen molar-refractivity contribution in [2.24, 2.45) is 0 Å². The van der Waals surface area contributed by atoms with Crippen LogP contribution in [-0.4, -0.2) is 32.1 Å². The fraction of sp³-hybridized carbons (Fsp3) is 0.538. The van der Waals surface area contributed by atoms with E-state index >= 15 is 0 Å². The largest absolute Gasteiger partial charge is 0.382 e. The Morgan fingerprint density at radius 2 is 2.00 bits per heavy atom. The van der Waals surface area contributed by atoms with Crippen LogP contribution >= 0.6 is 11.8 Å². The second-order valence-electron chi connectivity index (χ2n) is 3.46. The highest BCUT2D eigenvalue weighted by Crippen LogP contribution is 2.15. The van der Waals surface area contributed by atoms with Gasteiger partial charge in [-0.1, -0.05) is 18.2 Å². The molecule has 2 nitrogen and oxygen atoms in total. The Morgan fingerprint density at radius 3 is 2.75 bits per heavy atom. The predicted octanol–water partition coefficient (Wildman–Crippen LogP) is 2.79. The molecular formula is C13H21NOS. The molecule has 1 aromatic carbocycles. The summed E-state index contributed by atoms with van der Waals surface area (Å²) < 4.78 is 5.26. The van der Waals surface area contributed by atoms with Crippen molar-refractivity contribution in [3.63, 3.8) is 0 Å². The fourth-order valence-electron chi connectivity index (χ4n) is 1.33. The van der Waals surface area contributed by atoms with Crippen molar-refractivity contribution in [3.8, 4) is 0 Å². The van der Waals surface area contributed by atoms with Crippen LogP contribution in [0.25, 0.3) is 0 Å². The molecule has 0 bridgehead atoms. The van der Waals surface area contributed by atoms with Crippen molar-refractivity contribution in [2.45, 2.75) is 18.2 Å². The van der Waals surface area contributed by atoms with E-state index in [9.17, 15) is 0 Å². The van der Waals surface area contributed by atoms with Crippen molar-refractivity contribution in [1.29, 1.82) is 0 Å². The van der Waals surface area contributed by atoms with Gasteiger partial charge in [-0.15, -0.1) is 11.8 Å². The number of nitrogens with one attached hydrogen (secondary N) is 1. The van der Waals surface area contributed by atoms with Crippen LogP contribution in [0.2, 0.25) is 0 Å². The molecule has 0 aliphatic heterocycles. The molecule has 0 aromatic heterocycles. The number of ether oxygens (including phenoxy) is 1. The molecule has 0 spiro atoms. The molecular weight excluding hydrogens is 218 g/mol. The Bertz CT molecular complexity index is 253. The van der Waals surface area contributed by atoms with Crippen molar-refractivity contribution in [1.82, 2.24) is 5.32 Å². The summed E-state index contributed by atoms with van der Waals surface area (Å²) in [7, 11) is 0. The lowest BCUT2D eigenvalue weighted by Gasteiger charge is -2.04. The van der Waals surface area contributed by atoms with E-state index in [-0.39, 0.29) is 0 Å². The molecule has 1 aromatic rings. The minimum absolute atomic E-state index is 0.823. The van der Waals surface area contributed by atoms with Crippen molar-refractivity contribution >= 4 is 11.8 Å². The number of hydrogen-bond donors (Lipinski definition) is 1. The van der Waals surface area contributed by atoms with Crippen LogP contribution in [0.5, 0.6) is 0 Å². The Morgan fingerprint density at radius 1 is 1.19 bits per heavy atom. The molecule has 0 unspecified atom stereocenters. The highest BCUT2D eigenvalue weighted by atomic mass is 32.2. The summed E-state index contributed by atoms with van der Waals surface area (Å²) in [5, 5.41) is 3.41. The first-order valence-electron chi connectivity index (χ1n) is 5.90. The molecule has 16 heavy (non-hydrogen) atoms. The van der Waals surface area contributed by atoms with E-state index in [2.05, 4.69) is 35.6 Å². The Kier molecular flexibility index (Phi) is 8.22. The van der Waals surface area contributed by atoms with Crippen LogP contribution in [0.3, 0.4) is 0 Å². The fourth-order valence-corrected chi connectivity index (χ4v) is 2.16. The maximum atomic E-state index is 5.26. The van der Waals surface area contributed by atoms with Gasteiger partial charge in [-0.3, -0.25) is 0 Å². The average Bonchev–Trinajstić information content (AvgIpc) is 2.34. The van der Waals surface area contributed by atoms with Gasteiger partial charge in [-0.25, -0.2) is 0 Å². The molecule has 0 amide bonds. The topological polar surface area (TPSA) is 21.3 Å². The first-order chi connectivity index (χ1) is 7.93. The zero-order valence-electron chi connectivity index (χ0n) is 9.95. The summed E-state index contributed by atoms with van der Waals surface area (Å²) in [6.07, 6.45) is 1.10. The molecule has 3 heteroatoms. The van der Waals surface area contributed by atoms with Crippen LogP contribution in [0.4, 0.5) is 0 Å². The maximum Gasteiger partial charge on any atom is 0.0477 e.